The van der Waals surface area contributed by atoms with E-state index in [0.29, 0.717) is 0 Å². The first-order chi connectivity index (χ1) is 8.25. The molecule has 2 aliphatic rings. The molecule has 4 heteroatoms. The van der Waals surface area contributed by atoms with Crippen LogP contribution in [0.4, 0.5) is 0 Å². The average molecular weight is 240 g/mol. The first-order valence-electron chi connectivity index (χ1n) is 7.07. The van der Waals surface area contributed by atoms with E-state index in [-0.39, 0.29) is 0 Å². The second-order valence-corrected chi connectivity index (χ2v) is 5.66. The first-order valence-corrected chi connectivity index (χ1v) is 7.07. The van der Waals surface area contributed by atoms with Gasteiger partial charge in [0, 0.05) is 58.4 Å². The van der Waals surface area contributed by atoms with Crippen molar-refractivity contribution in [2.24, 2.45) is 0 Å². The molecule has 0 unspecified atom stereocenters. The second-order valence-electron chi connectivity index (χ2n) is 5.66. The molecular formula is C13H28N4. The minimum absolute atomic E-state index is 0.954. The lowest BCUT2D eigenvalue weighted by Crippen LogP contribution is -2.48. The zero-order valence-electron chi connectivity index (χ0n) is 11.5. The van der Waals surface area contributed by atoms with E-state index in [2.05, 4.69) is 34.1 Å². The molecule has 1 saturated heterocycles. The summed E-state index contributed by atoms with van der Waals surface area (Å²) in [5, 5.41) is 3.51. The monoisotopic (exact) mass is 240 g/mol. The Hall–Kier alpha value is -0.160. The molecule has 0 spiro atoms. The van der Waals surface area contributed by atoms with Crippen LogP contribution in [-0.4, -0.2) is 87.2 Å². The molecule has 0 aromatic carbocycles. The third kappa shape index (κ3) is 4.92. The van der Waals surface area contributed by atoms with Crippen LogP contribution in [0.15, 0.2) is 0 Å². The highest BCUT2D eigenvalue weighted by atomic mass is 15.3. The summed E-state index contributed by atoms with van der Waals surface area (Å²) in [6, 6.07) is 0.954. The fraction of sp³-hybridized carbons (Fsp3) is 1.00. The number of hydrogen-bond acceptors (Lipinski definition) is 4. The summed E-state index contributed by atoms with van der Waals surface area (Å²) in [5.74, 6) is 0. The van der Waals surface area contributed by atoms with Gasteiger partial charge in [0.25, 0.3) is 0 Å². The average Bonchev–Trinajstić information content (AvgIpc) is 3.13. The highest BCUT2D eigenvalue weighted by molar-refractivity contribution is 4.87. The van der Waals surface area contributed by atoms with Gasteiger partial charge in [-0.1, -0.05) is 0 Å². The second kappa shape index (κ2) is 6.69. The standard InChI is InChI=1S/C13H28N4/c1-15(2)7-5-14-6-8-16-9-11-17(12-10-16)13-3-4-13/h13-14H,3-12H2,1-2H3. The lowest BCUT2D eigenvalue weighted by Gasteiger charge is -2.34. The molecule has 0 aromatic heterocycles. The number of likely N-dealkylation sites (N-methyl/N-ethyl adjacent to an activating group) is 1. The lowest BCUT2D eigenvalue weighted by molar-refractivity contribution is 0.127. The Balaban J connectivity index is 1.47. The molecule has 0 atom stereocenters. The highest BCUT2D eigenvalue weighted by Gasteiger charge is 2.30. The summed E-state index contributed by atoms with van der Waals surface area (Å²) in [4.78, 5) is 7.50. The number of hydrogen-bond donors (Lipinski definition) is 1. The molecule has 1 heterocycles. The Kier molecular flexibility index (Phi) is 5.22. The highest BCUT2D eigenvalue weighted by Crippen LogP contribution is 2.27. The van der Waals surface area contributed by atoms with Crippen LogP contribution >= 0.6 is 0 Å². The number of nitrogens with one attached hydrogen (secondary N) is 1. The van der Waals surface area contributed by atoms with Crippen molar-refractivity contribution in [1.82, 2.24) is 20.0 Å². The van der Waals surface area contributed by atoms with Gasteiger partial charge in [-0.05, 0) is 26.9 Å². The van der Waals surface area contributed by atoms with E-state index in [0.717, 1.165) is 25.7 Å². The first kappa shape index (κ1) is 13.3. The van der Waals surface area contributed by atoms with E-state index in [9.17, 15) is 0 Å². The zero-order chi connectivity index (χ0) is 12.1. The molecule has 1 aliphatic heterocycles. The van der Waals surface area contributed by atoms with Gasteiger partial charge in [-0.2, -0.15) is 0 Å². The SMILES string of the molecule is CN(C)CCNCCN1CCN(C2CC2)CC1. The largest absolute Gasteiger partial charge is 0.314 e. The van der Waals surface area contributed by atoms with Crippen LogP contribution in [-0.2, 0) is 0 Å². The van der Waals surface area contributed by atoms with Gasteiger partial charge in [-0.15, -0.1) is 0 Å². The smallest absolute Gasteiger partial charge is 0.0113 e. The molecule has 17 heavy (non-hydrogen) atoms. The maximum absolute atomic E-state index is 3.51. The van der Waals surface area contributed by atoms with E-state index in [1.54, 1.807) is 0 Å². The zero-order valence-corrected chi connectivity index (χ0v) is 11.5. The Bertz CT molecular complexity index is 207. The summed E-state index contributed by atoms with van der Waals surface area (Å²) in [5.41, 5.74) is 0. The molecule has 0 amide bonds. The molecule has 0 bridgehead atoms. The van der Waals surface area contributed by atoms with Crippen LogP contribution in [0.2, 0.25) is 0 Å². The Morgan fingerprint density at radius 2 is 1.76 bits per heavy atom. The molecule has 100 valence electrons. The Labute approximate surface area is 106 Å². The van der Waals surface area contributed by atoms with Crippen molar-refractivity contribution in [1.29, 1.82) is 0 Å². The van der Waals surface area contributed by atoms with Crippen LogP contribution in [0.3, 0.4) is 0 Å². The van der Waals surface area contributed by atoms with Crippen molar-refractivity contribution in [2.45, 2.75) is 18.9 Å². The fourth-order valence-electron chi connectivity index (χ4n) is 2.46. The van der Waals surface area contributed by atoms with Crippen LogP contribution in [0.5, 0.6) is 0 Å². The number of rotatable bonds is 7. The van der Waals surface area contributed by atoms with Gasteiger partial charge in [0.15, 0.2) is 0 Å². The predicted octanol–water partition coefficient (Wildman–Crippen LogP) is -0.0824. The van der Waals surface area contributed by atoms with Crippen molar-refractivity contribution in [3.8, 4) is 0 Å². The molecule has 2 fully saturated rings. The summed E-state index contributed by atoms with van der Waals surface area (Å²) in [7, 11) is 4.25. The normalized spacial score (nSPS) is 23.5. The fourth-order valence-corrected chi connectivity index (χ4v) is 2.46. The van der Waals surface area contributed by atoms with Gasteiger partial charge in [0.1, 0.15) is 0 Å². The van der Waals surface area contributed by atoms with E-state index in [4.69, 9.17) is 0 Å². The number of nitrogens with zero attached hydrogens (tertiary/aromatic N) is 3. The van der Waals surface area contributed by atoms with Gasteiger partial charge in [-0.25, -0.2) is 0 Å². The van der Waals surface area contributed by atoms with Crippen LogP contribution in [0, 0.1) is 0 Å². The van der Waals surface area contributed by atoms with E-state index in [1.165, 1.54) is 45.6 Å². The van der Waals surface area contributed by atoms with Crippen molar-refractivity contribution in [2.75, 3.05) is 66.5 Å². The molecule has 1 saturated carbocycles. The van der Waals surface area contributed by atoms with Crippen LogP contribution in [0.1, 0.15) is 12.8 Å². The van der Waals surface area contributed by atoms with Gasteiger partial charge in [-0.3, -0.25) is 9.80 Å². The minimum Gasteiger partial charge on any atom is -0.314 e. The summed E-state index contributed by atoms with van der Waals surface area (Å²) >= 11 is 0. The van der Waals surface area contributed by atoms with Gasteiger partial charge < -0.3 is 10.2 Å². The summed E-state index contributed by atoms with van der Waals surface area (Å²) in [6.45, 7) is 9.72. The third-order valence-electron chi connectivity index (χ3n) is 3.81. The van der Waals surface area contributed by atoms with Crippen LogP contribution < -0.4 is 5.32 Å². The van der Waals surface area contributed by atoms with Gasteiger partial charge in [0.2, 0.25) is 0 Å². The minimum atomic E-state index is 0.954. The van der Waals surface area contributed by atoms with E-state index < -0.39 is 0 Å². The molecular weight excluding hydrogens is 212 g/mol. The maximum Gasteiger partial charge on any atom is 0.0113 e. The molecule has 0 radical (unpaired) electrons. The molecule has 0 aromatic rings. The van der Waals surface area contributed by atoms with Crippen molar-refractivity contribution in [3.63, 3.8) is 0 Å². The van der Waals surface area contributed by atoms with Gasteiger partial charge in [0.05, 0.1) is 0 Å². The van der Waals surface area contributed by atoms with Crippen molar-refractivity contribution in [3.05, 3.63) is 0 Å². The van der Waals surface area contributed by atoms with E-state index >= 15 is 0 Å². The Morgan fingerprint density at radius 1 is 1.06 bits per heavy atom. The number of piperazine rings is 1. The predicted molar refractivity (Wildman–Crippen MR) is 72.5 cm³/mol. The molecule has 2 rings (SSSR count). The quantitative estimate of drug-likeness (QED) is 0.628. The topological polar surface area (TPSA) is 21.8 Å². The third-order valence-corrected chi connectivity index (χ3v) is 3.81. The maximum atomic E-state index is 3.51. The molecule has 4 nitrogen and oxygen atoms in total. The summed E-state index contributed by atoms with van der Waals surface area (Å²) < 4.78 is 0. The van der Waals surface area contributed by atoms with Crippen molar-refractivity contribution >= 4 is 0 Å². The van der Waals surface area contributed by atoms with Crippen molar-refractivity contribution < 1.29 is 0 Å². The molecule has 1 N–H and O–H groups in total. The van der Waals surface area contributed by atoms with E-state index in [1.807, 2.05) is 0 Å². The lowest BCUT2D eigenvalue weighted by atomic mass is 10.3. The Morgan fingerprint density at radius 3 is 2.35 bits per heavy atom. The van der Waals surface area contributed by atoms with Crippen LogP contribution in [0.25, 0.3) is 0 Å². The molecule has 1 aliphatic carbocycles. The van der Waals surface area contributed by atoms with Gasteiger partial charge >= 0.3 is 0 Å². The summed E-state index contributed by atoms with van der Waals surface area (Å²) in [6.07, 6.45) is 2.90.